The van der Waals surface area contributed by atoms with Gasteiger partial charge in [-0.15, -0.1) is 23.1 Å². The minimum atomic E-state index is -0.459. The molecule has 0 bridgehead atoms. The van der Waals surface area contributed by atoms with Gasteiger partial charge in [0.15, 0.2) is 0 Å². The molecule has 1 aromatic carbocycles. The summed E-state index contributed by atoms with van der Waals surface area (Å²) in [5.41, 5.74) is 1.12. The molecule has 21 heavy (non-hydrogen) atoms. The first-order valence-electron chi connectivity index (χ1n) is 6.43. The van der Waals surface area contributed by atoms with Crippen LogP contribution in [0.4, 0.5) is 4.79 Å². The molecular formula is C15H16N2O2S2. The van der Waals surface area contributed by atoms with Crippen LogP contribution in [0.2, 0.25) is 0 Å². The van der Waals surface area contributed by atoms with E-state index in [1.165, 1.54) is 11.8 Å². The van der Waals surface area contributed by atoms with Crippen molar-refractivity contribution >= 4 is 35.0 Å². The molecule has 1 aromatic heterocycles. The standard InChI is InChI=1S/C15H16N2O2S2/c1-11-5-2-3-7-13(11)21-10-14(18)17-15(19)16-9-12-6-4-8-20-12/h2-8H,9-10H2,1H3,(H2,16,17,18,19). The Balaban J connectivity index is 1.71. The minimum Gasteiger partial charge on any atom is -0.333 e. The van der Waals surface area contributed by atoms with Gasteiger partial charge in [0.2, 0.25) is 5.91 Å². The van der Waals surface area contributed by atoms with Crippen molar-refractivity contribution in [3.63, 3.8) is 0 Å². The number of amides is 3. The summed E-state index contributed by atoms with van der Waals surface area (Å²) < 4.78 is 0. The second-order valence-electron chi connectivity index (χ2n) is 4.36. The fourth-order valence-electron chi connectivity index (χ4n) is 1.65. The molecule has 110 valence electrons. The third-order valence-electron chi connectivity index (χ3n) is 2.71. The molecular weight excluding hydrogens is 304 g/mol. The Morgan fingerprint density at radius 3 is 2.71 bits per heavy atom. The van der Waals surface area contributed by atoms with Crippen LogP contribution in [-0.4, -0.2) is 17.7 Å². The van der Waals surface area contributed by atoms with Crippen molar-refractivity contribution in [2.75, 3.05) is 5.75 Å². The SMILES string of the molecule is Cc1ccccc1SCC(=O)NC(=O)NCc1cccs1. The number of urea groups is 1. The molecule has 0 aliphatic heterocycles. The Labute approximate surface area is 131 Å². The van der Waals surface area contributed by atoms with Gasteiger partial charge >= 0.3 is 6.03 Å². The number of imide groups is 1. The zero-order chi connectivity index (χ0) is 15.1. The second-order valence-corrected chi connectivity index (χ2v) is 6.41. The third kappa shape index (κ3) is 5.24. The van der Waals surface area contributed by atoms with Gasteiger partial charge in [-0.3, -0.25) is 10.1 Å². The molecule has 6 heteroatoms. The molecule has 0 radical (unpaired) electrons. The molecule has 0 aliphatic rings. The normalized spacial score (nSPS) is 10.1. The predicted octanol–water partition coefficient (Wildman–Crippen LogP) is 3.17. The quantitative estimate of drug-likeness (QED) is 0.832. The highest BCUT2D eigenvalue weighted by Gasteiger charge is 2.09. The number of carbonyl (C=O) groups is 2. The van der Waals surface area contributed by atoms with Gasteiger partial charge in [-0.2, -0.15) is 0 Å². The summed E-state index contributed by atoms with van der Waals surface area (Å²) in [5.74, 6) is -0.0796. The van der Waals surface area contributed by atoms with Gasteiger partial charge in [-0.05, 0) is 30.0 Å². The number of carbonyl (C=O) groups excluding carboxylic acids is 2. The summed E-state index contributed by atoms with van der Waals surface area (Å²) in [6.45, 7) is 2.43. The van der Waals surface area contributed by atoms with Crippen molar-refractivity contribution in [3.05, 3.63) is 52.2 Å². The molecule has 1 heterocycles. The average molecular weight is 320 g/mol. The van der Waals surface area contributed by atoms with Crippen molar-refractivity contribution in [2.24, 2.45) is 0 Å². The number of nitrogens with one attached hydrogen (secondary N) is 2. The van der Waals surface area contributed by atoms with Gasteiger partial charge in [0, 0.05) is 9.77 Å². The Hall–Kier alpha value is -1.79. The van der Waals surface area contributed by atoms with Gasteiger partial charge in [0.25, 0.3) is 0 Å². The highest BCUT2D eigenvalue weighted by Crippen LogP contribution is 2.21. The molecule has 0 saturated heterocycles. The minimum absolute atomic E-state index is 0.220. The van der Waals surface area contributed by atoms with Crippen LogP contribution in [0.5, 0.6) is 0 Å². The Bertz CT molecular complexity index is 612. The van der Waals surface area contributed by atoms with E-state index in [-0.39, 0.29) is 11.7 Å². The number of hydrogen-bond acceptors (Lipinski definition) is 4. The molecule has 0 fully saturated rings. The van der Waals surface area contributed by atoms with E-state index in [2.05, 4.69) is 10.6 Å². The largest absolute Gasteiger partial charge is 0.333 e. The van der Waals surface area contributed by atoms with Gasteiger partial charge in [-0.25, -0.2) is 4.79 Å². The zero-order valence-electron chi connectivity index (χ0n) is 11.6. The molecule has 0 aliphatic carbocycles. The lowest BCUT2D eigenvalue weighted by Crippen LogP contribution is -2.39. The predicted molar refractivity (Wildman–Crippen MR) is 86.6 cm³/mol. The topological polar surface area (TPSA) is 58.2 Å². The fraction of sp³-hybridized carbons (Fsp3) is 0.200. The molecule has 0 spiro atoms. The zero-order valence-corrected chi connectivity index (χ0v) is 13.2. The maximum atomic E-state index is 11.7. The van der Waals surface area contributed by atoms with Gasteiger partial charge in [0.05, 0.1) is 12.3 Å². The monoisotopic (exact) mass is 320 g/mol. The third-order valence-corrected chi connectivity index (χ3v) is 4.76. The fourth-order valence-corrected chi connectivity index (χ4v) is 3.12. The van der Waals surface area contributed by atoms with Gasteiger partial charge < -0.3 is 5.32 Å². The van der Waals surface area contributed by atoms with Crippen LogP contribution in [0.1, 0.15) is 10.4 Å². The number of benzene rings is 1. The first-order valence-corrected chi connectivity index (χ1v) is 8.30. The molecule has 2 rings (SSSR count). The lowest BCUT2D eigenvalue weighted by Gasteiger charge is -2.07. The van der Waals surface area contributed by atoms with Crippen LogP contribution in [0.15, 0.2) is 46.7 Å². The number of aryl methyl sites for hydroxylation is 1. The Kier molecular flexibility index (Phi) is 5.83. The summed E-state index contributed by atoms with van der Waals surface area (Å²) in [7, 11) is 0. The Morgan fingerprint density at radius 2 is 2.00 bits per heavy atom. The average Bonchev–Trinajstić information content (AvgIpc) is 2.97. The molecule has 0 unspecified atom stereocenters. The highest BCUT2D eigenvalue weighted by molar-refractivity contribution is 8.00. The van der Waals surface area contributed by atoms with Crippen molar-refractivity contribution in [3.8, 4) is 0 Å². The van der Waals surface area contributed by atoms with Crippen LogP contribution < -0.4 is 10.6 Å². The Morgan fingerprint density at radius 1 is 1.19 bits per heavy atom. The molecule has 0 atom stereocenters. The van der Waals surface area contributed by atoms with E-state index in [1.54, 1.807) is 11.3 Å². The molecule has 4 nitrogen and oxygen atoms in total. The van der Waals surface area contributed by atoms with E-state index < -0.39 is 6.03 Å². The van der Waals surface area contributed by atoms with Gasteiger partial charge in [-0.1, -0.05) is 24.3 Å². The number of thioether (sulfide) groups is 1. The van der Waals surface area contributed by atoms with E-state index >= 15 is 0 Å². The van der Waals surface area contributed by atoms with Crippen molar-refractivity contribution in [1.29, 1.82) is 0 Å². The lowest BCUT2D eigenvalue weighted by molar-refractivity contribution is -0.117. The first kappa shape index (κ1) is 15.6. The van der Waals surface area contributed by atoms with E-state index in [9.17, 15) is 9.59 Å². The van der Waals surface area contributed by atoms with Crippen LogP contribution >= 0.6 is 23.1 Å². The smallest absolute Gasteiger partial charge is 0.321 e. The summed E-state index contributed by atoms with van der Waals surface area (Å²) in [4.78, 5) is 25.4. The lowest BCUT2D eigenvalue weighted by atomic mass is 10.2. The molecule has 3 amide bonds. The van der Waals surface area contributed by atoms with Crippen molar-refractivity contribution < 1.29 is 9.59 Å². The number of hydrogen-bond donors (Lipinski definition) is 2. The summed E-state index contributed by atoms with van der Waals surface area (Å²) in [6, 6.07) is 11.2. The molecule has 0 saturated carbocycles. The van der Waals surface area contributed by atoms with Gasteiger partial charge in [0.1, 0.15) is 0 Å². The second kappa shape index (κ2) is 7.85. The number of rotatable bonds is 5. The van der Waals surface area contributed by atoms with Crippen molar-refractivity contribution in [2.45, 2.75) is 18.4 Å². The van der Waals surface area contributed by atoms with E-state index in [1.807, 2.05) is 48.7 Å². The molecule has 2 aromatic rings. The molecule has 2 N–H and O–H groups in total. The van der Waals surface area contributed by atoms with Crippen LogP contribution in [0.3, 0.4) is 0 Å². The van der Waals surface area contributed by atoms with Crippen molar-refractivity contribution in [1.82, 2.24) is 10.6 Å². The summed E-state index contributed by atoms with van der Waals surface area (Å²) in [5, 5.41) is 6.93. The van der Waals surface area contributed by atoms with E-state index in [4.69, 9.17) is 0 Å². The maximum absolute atomic E-state index is 11.7. The number of thiophene rings is 1. The first-order chi connectivity index (χ1) is 10.1. The maximum Gasteiger partial charge on any atom is 0.321 e. The summed E-state index contributed by atoms with van der Waals surface area (Å²) >= 11 is 2.98. The van der Waals surface area contributed by atoms with Crippen LogP contribution in [-0.2, 0) is 11.3 Å². The van der Waals surface area contributed by atoms with Crippen LogP contribution in [0, 0.1) is 6.92 Å². The van der Waals surface area contributed by atoms with E-state index in [0.717, 1.165) is 15.3 Å². The summed E-state index contributed by atoms with van der Waals surface area (Å²) in [6.07, 6.45) is 0. The highest BCUT2D eigenvalue weighted by atomic mass is 32.2. The van der Waals surface area contributed by atoms with E-state index in [0.29, 0.717) is 6.54 Å². The van der Waals surface area contributed by atoms with Crippen LogP contribution in [0.25, 0.3) is 0 Å².